The number of nitrogens with one attached hydrogen (secondary N) is 7. The minimum Gasteiger partial charge on any atom is -0.480 e. The molecule has 141 heavy (non-hydrogen) atoms. The first-order valence-electron chi connectivity index (χ1n) is 48.2. The van der Waals surface area contributed by atoms with E-state index in [0.29, 0.717) is 12.8 Å². The van der Waals surface area contributed by atoms with Crippen LogP contribution in [-0.2, 0) is 195 Å². The van der Waals surface area contributed by atoms with Crippen LogP contribution in [0.15, 0.2) is 0 Å². The zero-order valence-electron chi connectivity index (χ0n) is 83.4. The SMILES string of the molecule is CCCCCCCCCCCC(=O)NCCCC[C@H](NC(=O)[C@H](CCCCNC(=O)COCCOCCOCCO[C@H]1C[C@@H](OC(C)=O)[C@@H](OC(C)=O)[C@@H](COC(C)=O)O1)NC(=O)[C@H](CCCCNC(=O)COCCOCCOCCO[C@@H]1O[C@H](COC(C)=O)[C@H](OC(C)=O)[C@H](OC(C)=O)[C@H]1NC(C)=O)NC(=O)COCCOCCOCCO[C@H]1C[C@@H](OC(C)=O)[C@@H](OC(C)=O)[C@@H](COC(C)=O)O1)C(=O)O. The summed E-state index contributed by atoms with van der Waals surface area (Å²) in [6.07, 6.45) is -1.45. The zero-order valence-corrected chi connectivity index (χ0v) is 83.4. The van der Waals surface area contributed by atoms with Crippen molar-refractivity contribution in [2.45, 2.75) is 309 Å². The molecule has 16 atom stereocenters. The fourth-order valence-corrected chi connectivity index (χ4v) is 14.4. The number of rotatable bonds is 80. The van der Waals surface area contributed by atoms with E-state index in [4.69, 9.17) is 114 Å². The first kappa shape index (κ1) is 126. The molecule has 3 aliphatic rings. The summed E-state index contributed by atoms with van der Waals surface area (Å²) in [6.45, 7) is 12.8. The number of unbranched alkanes of at least 4 members (excludes halogenated alkanes) is 11. The molecule has 0 saturated carbocycles. The van der Waals surface area contributed by atoms with Crippen LogP contribution in [0, 0.1) is 0 Å². The van der Waals surface area contributed by atoms with Gasteiger partial charge < -0.3 is 156 Å². The number of aliphatic carboxylic acids is 1. The van der Waals surface area contributed by atoms with Gasteiger partial charge in [-0.1, -0.05) is 58.3 Å². The quantitative estimate of drug-likeness (QED) is 0.0241. The van der Waals surface area contributed by atoms with Crippen LogP contribution in [-0.4, -0.2) is 382 Å². The second kappa shape index (κ2) is 77.0. The van der Waals surface area contributed by atoms with E-state index in [1.165, 1.54) is 80.6 Å². The fraction of sp³-hybridized carbons (Fsp3) is 0.815. The molecule has 0 unspecified atom stereocenters. The molecule has 49 nitrogen and oxygen atoms in total. The molecule has 0 aromatic rings. The average molecular weight is 2030 g/mol. The van der Waals surface area contributed by atoms with E-state index in [1.54, 1.807) is 0 Å². The molecular weight excluding hydrogens is 1880 g/mol. The predicted octanol–water partition coefficient (Wildman–Crippen LogP) is 1.24. The molecule has 3 fully saturated rings. The Bertz CT molecular complexity index is 3680. The maximum atomic E-state index is 14.6. The van der Waals surface area contributed by atoms with Crippen molar-refractivity contribution in [2.75, 3.05) is 178 Å². The van der Waals surface area contributed by atoms with Crippen LogP contribution in [0.5, 0.6) is 0 Å². The van der Waals surface area contributed by atoms with Crippen molar-refractivity contribution >= 4 is 101 Å². The van der Waals surface area contributed by atoms with Gasteiger partial charge in [-0.25, -0.2) is 4.79 Å². The Labute approximate surface area is 822 Å². The molecule has 3 aliphatic heterocycles. The summed E-state index contributed by atoms with van der Waals surface area (Å²) in [5.41, 5.74) is 0. The smallest absolute Gasteiger partial charge is 0.326 e. The van der Waals surface area contributed by atoms with Crippen molar-refractivity contribution in [3.63, 3.8) is 0 Å². The van der Waals surface area contributed by atoms with Crippen molar-refractivity contribution in [3.05, 3.63) is 0 Å². The predicted molar refractivity (Wildman–Crippen MR) is 487 cm³/mol. The van der Waals surface area contributed by atoms with Crippen molar-refractivity contribution < 1.29 is 200 Å². The van der Waals surface area contributed by atoms with Gasteiger partial charge in [0.15, 0.2) is 43.3 Å². The van der Waals surface area contributed by atoms with E-state index < -0.39 is 206 Å². The van der Waals surface area contributed by atoms with Crippen LogP contribution in [0.2, 0.25) is 0 Å². The van der Waals surface area contributed by atoms with Gasteiger partial charge in [-0.3, -0.25) is 76.7 Å². The maximum absolute atomic E-state index is 14.6. The summed E-state index contributed by atoms with van der Waals surface area (Å²) in [7, 11) is 0. The molecule has 3 saturated heterocycles. The number of carboxylic acids is 1. The summed E-state index contributed by atoms with van der Waals surface area (Å²) in [6, 6.07) is -5.33. The minimum absolute atomic E-state index is 0.00304. The Balaban J connectivity index is 1.64. The molecule has 0 aliphatic carbocycles. The molecule has 0 aromatic heterocycles. The van der Waals surface area contributed by atoms with Gasteiger partial charge in [0.1, 0.15) is 94.3 Å². The van der Waals surface area contributed by atoms with E-state index in [2.05, 4.69) is 44.1 Å². The van der Waals surface area contributed by atoms with Gasteiger partial charge >= 0.3 is 59.7 Å². The molecule has 49 heteroatoms. The van der Waals surface area contributed by atoms with Gasteiger partial charge in [-0.15, -0.1) is 0 Å². The van der Waals surface area contributed by atoms with Gasteiger partial charge in [0.05, 0.1) is 119 Å². The lowest BCUT2D eigenvalue weighted by Crippen LogP contribution is -2.66. The number of amides is 7. The van der Waals surface area contributed by atoms with Crippen LogP contribution < -0.4 is 37.2 Å². The molecule has 8 N–H and O–H groups in total. The third-order valence-corrected chi connectivity index (χ3v) is 20.8. The van der Waals surface area contributed by atoms with Crippen molar-refractivity contribution in [2.24, 2.45) is 0 Å². The minimum atomic E-state index is -1.43. The van der Waals surface area contributed by atoms with Crippen LogP contribution in [0.3, 0.4) is 0 Å². The highest BCUT2D eigenvalue weighted by Crippen LogP contribution is 2.31. The van der Waals surface area contributed by atoms with Gasteiger partial charge in [0.2, 0.25) is 41.4 Å². The Morgan fingerprint density at radius 2 is 0.631 bits per heavy atom. The molecule has 808 valence electrons. The number of carboxylic acid groups (broad SMARTS) is 1. The third kappa shape index (κ3) is 61.9. The molecular formula is C92H153N7O42. The number of esters is 9. The average Bonchev–Trinajstić information content (AvgIpc) is 0.790. The summed E-state index contributed by atoms with van der Waals surface area (Å²) in [5.74, 6) is -11.5. The lowest BCUT2D eigenvalue weighted by Gasteiger charge is -2.44. The lowest BCUT2D eigenvalue weighted by atomic mass is 9.96. The van der Waals surface area contributed by atoms with E-state index in [1.807, 2.05) is 0 Å². The molecule has 3 rings (SSSR count). The maximum Gasteiger partial charge on any atom is 0.326 e. The molecule has 0 radical (unpaired) electrons. The molecule has 7 amide bonds. The van der Waals surface area contributed by atoms with Gasteiger partial charge in [0.25, 0.3) is 0 Å². The Hall–Kier alpha value is -9.61. The molecule has 0 bridgehead atoms. The number of carbonyl (C=O) groups is 17. The van der Waals surface area contributed by atoms with Crippen LogP contribution >= 0.6 is 0 Å². The molecule has 3 heterocycles. The summed E-state index contributed by atoms with van der Waals surface area (Å²) >= 11 is 0. The number of hydrogen-bond acceptors (Lipinski definition) is 41. The second-order valence-corrected chi connectivity index (χ2v) is 33.1. The number of hydrogen-bond donors (Lipinski definition) is 8. The van der Waals surface area contributed by atoms with Gasteiger partial charge in [-0.2, -0.15) is 0 Å². The highest BCUT2D eigenvalue weighted by molar-refractivity contribution is 5.93. The van der Waals surface area contributed by atoms with Gasteiger partial charge in [0, 0.05) is 108 Å². The first-order chi connectivity index (χ1) is 67.5. The normalized spacial score (nSPS) is 20.5. The molecule has 0 spiro atoms. The third-order valence-electron chi connectivity index (χ3n) is 20.8. The van der Waals surface area contributed by atoms with Crippen molar-refractivity contribution in [3.8, 4) is 0 Å². The Kier molecular flexibility index (Phi) is 68.5. The summed E-state index contributed by atoms with van der Waals surface area (Å²) in [5, 5.41) is 29.3. The first-order valence-corrected chi connectivity index (χ1v) is 48.2. The topological polar surface area (TPSA) is 616 Å². The summed E-state index contributed by atoms with van der Waals surface area (Å²) in [4.78, 5) is 213. The van der Waals surface area contributed by atoms with Crippen LogP contribution in [0.25, 0.3) is 0 Å². The van der Waals surface area contributed by atoms with E-state index >= 15 is 0 Å². The van der Waals surface area contributed by atoms with E-state index in [-0.39, 0.29) is 235 Å². The second-order valence-electron chi connectivity index (χ2n) is 33.1. The number of carbonyl (C=O) groups excluding carboxylic acids is 16. The van der Waals surface area contributed by atoms with E-state index in [0.717, 1.165) is 46.5 Å². The van der Waals surface area contributed by atoms with E-state index in [9.17, 15) is 86.6 Å². The standard InChI is InChI=1S/C92H153N7O42/c1-12-13-14-15-16-17-18-19-20-30-78(110)93-31-26-23-29-72(91(116)117)99-90(115)71(28-22-25-33-95-80(112)58-124-43-40-118-34-37-121-46-49-127-82-52-73(133-64(6)104)85(135-66(8)106)75(139-82)54-130-61(3)101)98-89(114)70(97-81(113)59-126-45-42-120-35-38-122-47-50-128-83-53-74(134-65(7)105)86(136-67(9)107)76(140-83)55-131-62(4)102)27-21-24-32-94-79(111)57-125-44-41-119-36-39-123-48-51-129-92-84(96-60(2)100)88(138-69(11)109)87(137-68(10)108)77(141-92)56-132-63(5)103/h70-77,82-88,92H,12-59H2,1-11H3,(H,93,110)(H,94,111)(H,95,112)(H,96,100)(H,97,113)(H,98,114)(H,99,115)(H,116,117)/t70-,71-,72-,73+,74+,75+,76+,77+,82+,83+,84+,85+,86+,87-,88+,92+/m0/s1. The van der Waals surface area contributed by atoms with Crippen LogP contribution in [0.1, 0.15) is 211 Å². The lowest BCUT2D eigenvalue weighted by molar-refractivity contribution is -0.279. The summed E-state index contributed by atoms with van der Waals surface area (Å²) < 4.78 is 133. The Morgan fingerprint density at radius 1 is 0.312 bits per heavy atom. The van der Waals surface area contributed by atoms with Crippen molar-refractivity contribution in [1.82, 2.24) is 37.2 Å². The largest absolute Gasteiger partial charge is 0.480 e. The highest BCUT2D eigenvalue weighted by Gasteiger charge is 2.52. The fourth-order valence-electron chi connectivity index (χ4n) is 14.4. The Morgan fingerprint density at radius 3 is 1.01 bits per heavy atom. The van der Waals surface area contributed by atoms with Crippen molar-refractivity contribution in [1.29, 1.82) is 0 Å². The number of ether oxygens (including phenoxy) is 24. The highest BCUT2D eigenvalue weighted by atomic mass is 16.7. The van der Waals surface area contributed by atoms with Gasteiger partial charge in [-0.05, 0) is 64.2 Å². The zero-order chi connectivity index (χ0) is 104. The van der Waals surface area contributed by atoms with Crippen LogP contribution in [0.4, 0.5) is 0 Å². The monoisotopic (exact) mass is 2030 g/mol. The molecule has 0 aromatic carbocycles.